The van der Waals surface area contributed by atoms with Gasteiger partial charge in [0, 0.05) is 23.9 Å². The van der Waals surface area contributed by atoms with Crippen LogP contribution in [0.25, 0.3) is 0 Å². The molecule has 2 aromatic rings. The standard InChI is InChI=1S/C21H25NO/c1-22-19(15-9-4-2-5-10-15)17-13-8-14-18(21(17)23)20(22)16-11-6-3-7-12-16/h2-7,9-12,17-21,23H,8,13-14H2,1H3/t17-,18-,19+,20+/m1/s1. The molecular weight excluding hydrogens is 282 g/mol. The predicted octanol–water partition coefficient (Wildman–Crippen LogP) is 4.19. The minimum absolute atomic E-state index is 0.199. The number of piperidine rings is 1. The molecule has 1 aliphatic heterocycles. The Morgan fingerprint density at radius 1 is 0.783 bits per heavy atom. The maximum Gasteiger partial charge on any atom is 0.0633 e. The van der Waals surface area contributed by atoms with E-state index in [9.17, 15) is 5.11 Å². The summed E-state index contributed by atoms with van der Waals surface area (Å²) in [6.07, 6.45) is 3.29. The molecule has 0 unspecified atom stereocenters. The minimum atomic E-state index is -0.199. The molecule has 2 bridgehead atoms. The highest BCUT2D eigenvalue weighted by Crippen LogP contribution is 2.52. The lowest BCUT2D eigenvalue weighted by Gasteiger charge is -2.54. The van der Waals surface area contributed by atoms with E-state index in [1.165, 1.54) is 17.5 Å². The van der Waals surface area contributed by atoms with Gasteiger partial charge in [0.25, 0.3) is 0 Å². The van der Waals surface area contributed by atoms with Gasteiger partial charge in [-0.15, -0.1) is 0 Å². The molecular formula is C21H25NO. The topological polar surface area (TPSA) is 23.5 Å². The van der Waals surface area contributed by atoms with E-state index < -0.39 is 0 Å². The molecule has 1 N–H and O–H groups in total. The SMILES string of the molecule is CN1[C@@H](c2ccccc2)[C@H]2CCC[C@@H](C2O)[C@@H]1c1ccccc1. The first kappa shape index (κ1) is 14.9. The Bertz CT molecular complexity index is 586. The summed E-state index contributed by atoms with van der Waals surface area (Å²) in [6, 6.07) is 22.0. The van der Waals surface area contributed by atoms with Gasteiger partial charge < -0.3 is 5.11 Å². The second-order valence-corrected chi connectivity index (χ2v) is 7.13. The highest BCUT2D eigenvalue weighted by atomic mass is 16.3. The fourth-order valence-corrected chi connectivity index (χ4v) is 4.98. The summed E-state index contributed by atoms with van der Waals surface area (Å²) in [4.78, 5) is 2.52. The Morgan fingerprint density at radius 2 is 1.22 bits per heavy atom. The first-order chi connectivity index (χ1) is 11.3. The molecule has 1 heterocycles. The van der Waals surface area contributed by atoms with E-state index in [0.717, 1.165) is 12.8 Å². The Labute approximate surface area is 138 Å². The zero-order valence-corrected chi connectivity index (χ0v) is 13.7. The van der Waals surface area contributed by atoms with Gasteiger partial charge in [0.05, 0.1) is 6.10 Å². The number of rotatable bonds is 2. The molecule has 4 atom stereocenters. The number of nitrogens with zero attached hydrogens (tertiary/aromatic N) is 1. The van der Waals surface area contributed by atoms with Crippen LogP contribution in [0.1, 0.15) is 42.5 Å². The third kappa shape index (κ3) is 2.50. The molecule has 0 amide bonds. The van der Waals surface area contributed by atoms with Crippen LogP contribution in [-0.4, -0.2) is 23.2 Å². The van der Waals surface area contributed by atoms with Crippen molar-refractivity contribution in [2.45, 2.75) is 37.5 Å². The fraction of sp³-hybridized carbons (Fsp3) is 0.429. The molecule has 2 aliphatic rings. The predicted molar refractivity (Wildman–Crippen MR) is 93.0 cm³/mol. The Hall–Kier alpha value is -1.64. The molecule has 0 spiro atoms. The van der Waals surface area contributed by atoms with Crippen molar-refractivity contribution in [1.82, 2.24) is 4.90 Å². The van der Waals surface area contributed by atoms with Crippen molar-refractivity contribution in [2.24, 2.45) is 11.8 Å². The van der Waals surface area contributed by atoms with E-state index in [1.54, 1.807) is 0 Å². The first-order valence-electron chi connectivity index (χ1n) is 8.77. The van der Waals surface area contributed by atoms with Crippen molar-refractivity contribution < 1.29 is 5.11 Å². The third-order valence-corrected chi connectivity index (χ3v) is 5.92. The molecule has 2 fully saturated rings. The average molecular weight is 307 g/mol. The minimum Gasteiger partial charge on any atom is -0.392 e. The van der Waals surface area contributed by atoms with Crippen molar-refractivity contribution in [2.75, 3.05) is 7.05 Å². The summed E-state index contributed by atoms with van der Waals surface area (Å²) in [7, 11) is 2.24. The van der Waals surface area contributed by atoms with Gasteiger partial charge in [-0.2, -0.15) is 0 Å². The lowest BCUT2D eigenvalue weighted by Crippen LogP contribution is -2.53. The van der Waals surface area contributed by atoms with Crippen LogP contribution < -0.4 is 0 Å². The second-order valence-electron chi connectivity index (χ2n) is 7.13. The maximum absolute atomic E-state index is 11.0. The van der Waals surface area contributed by atoms with E-state index in [0.29, 0.717) is 23.9 Å². The summed E-state index contributed by atoms with van der Waals surface area (Å²) in [6.45, 7) is 0. The summed E-state index contributed by atoms with van der Waals surface area (Å²) >= 11 is 0. The normalized spacial score (nSPS) is 34.3. The van der Waals surface area contributed by atoms with Gasteiger partial charge in [0.2, 0.25) is 0 Å². The lowest BCUT2D eigenvalue weighted by atomic mass is 9.65. The molecule has 1 saturated carbocycles. The average Bonchev–Trinajstić information content (AvgIpc) is 2.59. The van der Waals surface area contributed by atoms with E-state index in [2.05, 4.69) is 72.6 Å². The molecule has 0 radical (unpaired) electrons. The highest BCUT2D eigenvalue weighted by Gasteiger charge is 2.49. The number of benzene rings is 2. The number of hydrogen-bond acceptors (Lipinski definition) is 2. The van der Waals surface area contributed by atoms with Crippen LogP contribution in [0, 0.1) is 11.8 Å². The molecule has 4 rings (SSSR count). The molecule has 120 valence electrons. The molecule has 23 heavy (non-hydrogen) atoms. The zero-order valence-electron chi connectivity index (χ0n) is 13.7. The molecule has 1 aliphatic carbocycles. The quantitative estimate of drug-likeness (QED) is 0.899. The smallest absolute Gasteiger partial charge is 0.0633 e. The summed E-state index contributed by atoms with van der Waals surface area (Å²) in [5.41, 5.74) is 2.67. The summed E-state index contributed by atoms with van der Waals surface area (Å²) in [5, 5.41) is 11.0. The summed E-state index contributed by atoms with van der Waals surface area (Å²) in [5.74, 6) is 0.697. The molecule has 1 saturated heterocycles. The summed E-state index contributed by atoms with van der Waals surface area (Å²) < 4.78 is 0. The number of aliphatic hydroxyl groups is 1. The number of aliphatic hydroxyl groups excluding tert-OH is 1. The highest BCUT2D eigenvalue weighted by molar-refractivity contribution is 5.27. The van der Waals surface area contributed by atoms with Gasteiger partial charge in [-0.3, -0.25) is 4.90 Å². The maximum atomic E-state index is 11.0. The van der Waals surface area contributed by atoms with Crippen molar-refractivity contribution in [3.63, 3.8) is 0 Å². The lowest BCUT2D eigenvalue weighted by molar-refractivity contribution is -0.112. The van der Waals surface area contributed by atoms with Gasteiger partial charge in [-0.25, -0.2) is 0 Å². The van der Waals surface area contributed by atoms with E-state index in [4.69, 9.17) is 0 Å². The monoisotopic (exact) mass is 307 g/mol. The van der Waals surface area contributed by atoms with Crippen LogP contribution in [0.15, 0.2) is 60.7 Å². The van der Waals surface area contributed by atoms with Gasteiger partial charge in [0.1, 0.15) is 0 Å². The van der Waals surface area contributed by atoms with Crippen molar-refractivity contribution in [3.05, 3.63) is 71.8 Å². The van der Waals surface area contributed by atoms with Crippen LogP contribution in [0.4, 0.5) is 0 Å². The molecule has 2 heteroatoms. The zero-order chi connectivity index (χ0) is 15.8. The molecule has 2 nitrogen and oxygen atoms in total. The Kier molecular flexibility index (Phi) is 3.96. The van der Waals surface area contributed by atoms with Crippen LogP contribution in [0.3, 0.4) is 0 Å². The fourth-order valence-electron chi connectivity index (χ4n) is 4.98. The van der Waals surface area contributed by atoms with Crippen LogP contribution in [0.2, 0.25) is 0 Å². The number of fused-ring (bicyclic) bond motifs is 2. The Morgan fingerprint density at radius 3 is 1.65 bits per heavy atom. The van der Waals surface area contributed by atoms with Gasteiger partial charge >= 0.3 is 0 Å². The largest absolute Gasteiger partial charge is 0.392 e. The second kappa shape index (κ2) is 6.10. The van der Waals surface area contributed by atoms with Crippen molar-refractivity contribution in [3.8, 4) is 0 Å². The molecule has 0 aromatic heterocycles. The van der Waals surface area contributed by atoms with Crippen molar-refractivity contribution in [1.29, 1.82) is 0 Å². The Balaban J connectivity index is 1.78. The third-order valence-electron chi connectivity index (χ3n) is 5.92. The molecule has 2 aromatic carbocycles. The van der Waals surface area contributed by atoms with Crippen LogP contribution in [-0.2, 0) is 0 Å². The van der Waals surface area contributed by atoms with E-state index in [1.807, 2.05) is 0 Å². The van der Waals surface area contributed by atoms with Crippen LogP contribution >= 0.6 is 0 Å². The number of likely N-dealkylation sites (tertiary alicyclic amines) is 1. The van der Waals surface area contributed by atoms with E-state index >= 15 is 0 Å². The van der Waals surface area contributed by atoms with Gasteiger partial charge in [-0.05, 0) is 31.0 Å². The number of hydrogen-bond donors (Lipinski definition) is 1. The van der Waals surface area contributed by atoms with Crippen molar-refractivity contribution >= 4 is 0 Å². The van der Waals surface area contributed by atoms with Gasteiger partial charge in [-0.1, -0.05) is 67.1 Å². The first-order valence-corrected chi connectivity index (χ1v) is 8.77. The van der Waals surface area contributed by atoms with Gasteiger partial charge in [0.15, 0.2) is 0 Å². The van der Waals surface area contributed by atoms with Crippen LogP contribution in [0.5, 0.6) is 0 Å². The van der Waals surface area contributed by atoms with E-state index in [-0.39, 0.29) is 6.10 Å².